The Bertz CT molecular complexity index is 2850. The van der Waals surface area contributed by atoms with Gasteiger partial charge in [-0.3, -0.25) is 23.4 Å². The summed E-state index contributed by atoms with van der Waals surface area (Å²) in [7, 11) is -4.30. The number of halogens is 2. The third-order valence-corrected chi connectivity index (χ3v) is 14.2. The number of hydrogen-bond donors (Lipinski definition) is 0. The minimum atomic E-state index is -4.30. The lowest BCUT2D eigenvalue weighted by Gasteiger charge is -2.22. The molecule has 0 aliphatic carbocycles. The number of carbonyl (C=O) groups excluding carboxylic acids is 3. The molecule has 0 radical (unpaired) electrons. The molecule has 0 bridgehead atoms. The highest BCUT2D eigenvalue weighted by Gasteiger charge is 2.39. The SMILES string of the molecule is CC(=O)Oc1cc2c(c3ccccc13)C(CCl)CN2C(=O)c1ccc(C(=O)N2C[C@@H](CCl)c3c2cc(OP(=O)(OCc2ccccc2)OCc2ccccc2)c2ccccc32)s1. The Morgan fingerprint density at radius 1 is 0.613 bits per heavy atom. The largest absolute Gasteiger partial charge is 0.530 e. The number of rotatable bonds is 13. The lowest BCUT2D eigenvalue weighted by molar-refractivity contribution is -0.131. The van der Waals surface area contributed by atoms with Crippen molar-refractivity contribution in [2.75, 3.05) is 34.6 Å². The van der Waals surface area contributed by atoms with E-state index >= 15 is 0 Å². The zero-order chi connectivity index (χ0) is 43.0. The Morgan fingerprint density at radius 3 is 1.48 bits per heavy atom. The molecule has 2 aliphatic heterocycles. The molecule has 14 heteroatoms. The van der Waals surface area contributed by atoms with Gasteiger partial charge >= 0.3 is 13.8 Å². The summed E-state index contributed by atoms with van der Waals surface area (Å²) in [5, 5.41) is 3.03. The maximum absolute atomic E-state index is 14.6. The molecule has 1 unspecified atom stereocenters. The van der Waals surface area contributed by atoms with Crippen molar-refractivity contribution in [3.63, 3.8) is 0 Å². The number of hydrogen-bond acceptors (Lipinski definition) is 9. The van der Waals surface area contributed by atoms with E-state index in [4.69, 9.17) is 41.5 Å². The molecular weight excluding hydrogens is 866 g/mol. The van der Waals surface area contributed by atoms with Gasteiger partial charge in [-0.05, 0) is 45.2 Å². The number of phosphoric ester groups is 1. The van der Waals surface area contributed by atoms with Crippen molar-refractivity contribution < 1.29 is 37.3 Å². The second-order valence-corrected chi connectivity index (χ2v) is 18.3. The predicted octanol–water partition coefficient (Wildman–Crippen LogP) is 11.9. The van der Waals surface area contributed by atoms with Crippen molar-refractivity contribution in [3.05, 3.63) is 165 Å². The number of alkyl halides is 2. The number of amides is 2. The normalized spacial score (nSPS) is 15.8. The molecule has 314 valence electrons. The number of benzene rings is 6. The van der Waals surface area contributed by atoms with Gasteiger partial charge < -0.3 is 19.1 Å². The van der Waals surface area contributed by atoms with E-state index in [-0.39, 0.29) is 60.9 Å². The van der Waals surface area contributed by atoms with Gasteiger partial charge in [0, 0.05) is 66.5 Å². The number of fused-ring (bicyclic) bond motifs is 6. The average molecular weight is 906 g/mol. The van der Waals surface area contributed by atoms with Crippen LogP contribution in [0.1, 0.15) is 60.4 Å². The van der Waals surface area contributed by atoms with Gasteiger partial charge in [-0.1, -0.05) is 109 Å². The fraction of sp³-hybridized carbons (Fsp3) is 0.188. The van der Waals surface area contributed by atoms with E-state index in [1.165, 1.54) is 6.92 Å². The standard InChI is InChI=1S/C48H39Cl2N2O8PS/c1-30(53)59-41-22-39-45(37-18-10-8-16-35(37)41)33(24-49)26-51(39)47(54)43-20-21-44(62-43)48(55)52-27-34(25-50)46-38-19-11-9-17-36(38)42(23-40(46)52)60-61(56,57-28-31-12-4-2-5-13-31)58-29-32-14-6-3-7-15-32/h2-23,33-34H,24-29H2,1H3/t33?,34-/m1/s1. The van der Waals surface area contributed by atoms with Crippen LogP contribution in [0, 0.1) is 0 Å². The van der Waals surface area contributed by atoms with Gasteiger partial charge in [0.2, 0.25) is 0 Å². The van der Waals surface area contributed by atoms with Crippen LogP contribution in [0.5, 0.6) is 11.5 Å². The first-order valence-corrected chi connectivity index (χ1v) is 23.3. The lowest BCUT2D eigenvalue weighted by atomic mass is 9.95. The van der Waals surface area contributed by atoms with Crippen molar-refractivity contribution in [2.24, 2.45) is 0 Å². The van der Waals surface area contributed by atoms with Gasteiger partial charge in [0.05, 0.1) is 34.3 Å². The molecule has 0 fully saturated rings. The molecule has 7 aromatic rings. The first kappa shape index (κ1) is 41.8. The zero-order valence-corrected chi connectivity index (χ0v) is 36.6. The van der Waals surface area contributed by atoms with Gasteiger partial charge in [0.25, 0.3) is 11.8 Å². The molecule has 1 aromatic heterocycles. The smallest absolute Gasteiger partial charge is 0.426 e. The third-order valence-electron chi connectivity index (χ3n) is 11.1. The number of thiophene rings is 1. The third kappa shape index (κ3) is 8.13. The number of anilines is 2. The highest BCUT2D eigenvalue weighted by atomic mass is 35.5. The van der Waals surface area contributed by atoms with Crippen molar-refractivity contribution in [1.29, 1.82) is 0 Å². The van der Waals surface area contributed by atoms with Gasteiger partial charge in [0.15, 0.2) is 0 Å². The molecular formula is C48H39Cl2N2O8PS. The summed E-state index contributed by atoms with van der Waals surface area (Å²) in [5.41, 5.74) is 4.46. The molecule has 62 heavy (non-hydrogen) atoms. The molecule has 0 N–H and O–H groups in total. The highest BCUT2D eigenvalue weighted by Crippen LogP contribution is 2.55. The molecule has 2 amide bonds. The number of esters is 1. The first-order chi connectivity index (χ1) is 30.1. The van der Waals surface area contributed by atoms with E-state index in [0.717, 1.165) is 49.7 Å². The van der Waals surface area contributed by atoms with Crippen LogP contribution < -0.4 is 19.1 Å². The zero-order valence-electron chi connectivity index (χ0n) is 33.4. The van der Waals surface area contributed by atoms with Crippen LogP contribution in [0.25, 0.3) is 21.5 Å². The van der Waals surface area contributed by atoms with E-state index in [1.807, 2.05) is 109 Å². The van der Waals surface area contributed by atoms with Crippen LogP contribution in [-0.4, -0.2) is 42.6 Å². The van der Waals surface area contributed by atoms with Crippen LogP contribution >= 0.6 is 42.4 Å². The van der Waals surface area contributed by atoms with Gasteiger partial charge in [-0.15, -0.1) is 34.5 Å². The number of ether oxygens (including phenoxy) is 1. The summed E-state index contributed by atoms with van der Waals surface area (Å²) in [5.74, 6) is -0.471. The van der Waals surface area contributed by atoms with Gasteiger partial charge in [-0.25, -0.2) is 4.57 Å². The van der Waals surface area contributed by atoms with Crippen molar-refractivity contribution in [3.8, 4) is 11.5 Å². The molecule has 10 nitrogen and oxygen atoms in total. The fourth-order valence-electron chi connectivity index (χ4n) is 8.28. The van der Waals surface area contributed by atoms with Crippen molar-refractivity contribution in [2.45, 2.75) is 32.0 Å². The Balaban J connectivity index is 1.04. The maximum Gasteiger partial charge on any atom is 0.530 e. The number of phosphoric acid groups is 1. The topological polar surface area (TPSA) is 112 Å². The fourth-order valence-corrected chi connectivity index (χ4v) is 10.9. The lowest BCUT2D eigenvalue weighted by Crippen LogP contribution is -2.30. The average Bonchev–Trinajstić information content (AvgIpc) is 4.04. The summed E-state index contributed by atoms with van der Waals surface area (Å²) in [4.78, 5) is 45.1. The van der Waals surface area contributed by atoms with Crippen molar-refractivity contribution >= 4 is 93.1 Å². The molecule has 9 rings (SSSR count). The van der Waals surface area contributed by atoms with E-state index in [1.54, 1.807) is 34.1 Å². The summed E-state index contributed by atoms with van der Waals surface area (Å²) in [6.07, 6.45) is 0. The van der Waals surface area contributed by atoms with Gasteiger partial charge in [0.1, 0.15) is 11.5 Å². The van der Waals surface area contributed by atoms with Crippen LogP contribution in [0.3, 0.4) is 0 Å². The quantitative estimate of drug-likeness (QED) is 0.0487. The van der Waals surface area contributed by atoms with Crippen LogP contribution in [0.15, 0.2) is 133 Å². The Morgan fingerprint density at radius 2 is 1.03 bits per heavy atom. The van der Waals surface area contributed by atoms with Crippen LogP contribution in [-0.2, 0) is 31.6 Å². The Kier molecular flexibility index (Phi) is 11.9. The second-order valence-electron chi connectivity index (χ2n) is 15.1. The second kappa shape index (κ2) is 17.7. The maximum atomic E-state index is 14.6. The van der Waals surface area contributed by atoms with Gasteiger partial charge in [-0.2, -0.15) is 0 Å². The van der Waals surface area contributed by atoms with Crippen molar-refractivity contribution in [1.82, 2.24) is 0 Å². The Labute approximate surface area is 372 Å². The van der Waals surface area contributed by atoms with Crippen LogP contribution in [0.2, 0.25) is 0 Å². The molecule has 0 saturated carbocycles. The Hall–Kier alpha value is -5.52. The predicted molar refractivity (Wildman–Crippen MR) is 244 cm³/mol. The molecule has 0 saturated heterocycles. The van der Waals surface area contributed by atoms with E-state index in [0.29, 0.717) is 38.8 Å². The van der Waals surface area contributed by atoms with E-state index in [9.17, 15) is 18.9 Å². The molecule has 6 aromatic carbocycles. The minimum Gasteiger partial charge on any atom is -0.426 e. The summed E-state index contributed by atoms with van der Waals surface area (Å²) in [6.45, 7) is 1.85. The highest BCUT2D eigenvalue weighted by molar-refractivity contribution is 7.48. The monoisotopic (exact) mass is 904 g/mol. The summed E-state index contributed by atoms with van der Waals surface area (Å²) >= 11 is 14.2. The number of nitrogens with zero attached hydrogens (tertiary/aromatic N) is 2. The minimum absolute atomic E-state index is 0.0341. The molecule has 0 spiro atoms. The molecule has 2 atom stereocenters. The van der Waals surface area contributed by atoms with E-state index in [2.05, 4.69) is 0 Å². The first-order valence-electron chi connectivity index (χ1n) is 20.0. The molecule has 3 heterocycles. The van der Waals surface area contributed by atoms with E-state index < -0.39 is 13.8 Å². The number of carbonyl (C=O) groups is 3. The summed E-state index contributed by atoms with van der Waals surface area (Å²) < 4.78 is 38.5. The summed E-state index contributed by atoms with van der Waals surface area (Å²) in [6, 6.07) is 40.5. The molecule has 2 aliphatic rings. The van der Waals surface area contributed by atoms with Crippen LogP contribution in [0.4, 0.5) is 11.4 Å².